The van der Waals surface area contributed by atoms with E-state index >= 15 is 0 Å². The van der Waals surface area contributed by atoms with Crippen molar-refractivity contribution in [3.05, 3.63) is 88.8 Å². The van der Waals surface area contributed by atoms with Crippen molar-refractivity contribution in [2.45, 2.75) is 116 Å². The molecule has 6 rings (SSSR count). The smallest absolute Gasteiger partial charge is 0.317 e. The number of carbonyl (C=O) groups excluding carboxylic acids is 6. The summed E-state index contributed by atoms with van der Waals surface area (Å²) >= 11 is 0. The molecule has 41 heteroatoms. The molecule has 2 fully saturated rings. The van der Waals surface area contributed by atoms with Crippen LogP contribution < -0.4 is 0 Å². The van der Waals surface area contributed by atoms with Crippen LogP contribution in [-0.2, 0) is 106 Å². The minimum Gasteiger partial charge on any atom is -0.480 e. The zero-order valence-electron chi connectivity index (χ0n) is 70.9. The number of carbonyl (C=O) groups is 12. The van der Waals surface area contributed by atoms with Crippen molar-refractivity contribution < 1.29 is 181 Å². The van der Waals surface area contributed by atoms with Crippen molar-refractivity contribution in [2.24, 2.45) is 0 Å². The summed E-state index contributed by atoms with van der Waals surface area (Å²) < 4.78 is 25.8. The summed E-state index contributed by atoms with van der Waals surface area (Å²) in [6.07, 6.45) is 12.0. The minimum absolute atomic E-state index is 0. The molecular formula is C81H127Lu2N17O22. The van der Waals surface area contributed by atoms with Crippen molar-refractivity contribution in [2.75, 3.05) is 238 Å². The predicted molar refractivity (Wildman–Crippen MR) is 438 cm³/mol. The summed E-state index contributed by atoms with van der Waals surface area (Å²) in [5.41, 5.74) is 4.00. The minimum atomic E-state index is -1.02. The molecule has 0 aliphatic carbocycles. The van der Waals surface area contributed by atoms with Crippen molar-refractivity contribution in [1.29, 1.82) is 0 Å². The van der Waals surface area contributed by atoms with Crippen molar-refractivity contribution in [1.82, 2.24) is 84.0 Å². The number of benzene rings is 1. The predicted octanol–water partition coefficient (Wildman–Crippen LogP) is 0.900. The molecule has 4 aromatic rings. The van der Waals surface area contributed by atoms with Crippen LogP contribution in [0, 0.1) is 73.7 Å². The second-order valence-corrected chi connectivity index (χ2v) is 30.7. The van der Waals surface area contributed by atoms with E-state index in [2.05, 4.69) is 30.5 Å². The normalized spacial score (nSPS) is 15.1. The number of carboxylic acid groups (broad SMARTS) is 6. The Morgan fingerprint density at radius 1 is 0.344 bits per heavy atom. The Balaban J connectivity index is 0.000000620. The van der Waals surface area contributed by atoms with Gasteiger partial charge in [-0.15, -0.1) is 10.2 Å². The number of rotatable bonds is 56. The molecule has 6 N–H and O–H groups in total. The molecule has 0 atom stereocenters. The molecule has 0 amide bonds. The Morgan fingerprint density at radius 3 is 0.975 bits per heavy atom. The summed E-state index contributed by atoms with van der Waals surface area (Å²) in [5, 5.41) is 73.0. The van der Waals surface area contributed by atoms with Gasteiger partial charge in [-0.25, -0.2) is 0 Å². The molecule has 2 aliphatic heterocycles. The molecule has 5 heterocycles. The number of pyridine rings is 1. The zero-order chi connectivity index (χ0) is 87.4. The first-order chi connectivity index (χ1) is 57.5. The van der Waals surface area contributed by atoms with Gasteiger partial charge in [-0.2, -0.15) is 0 Å². The molecule has 0 bridgehead atoms. The van der Waals surface area contributed by atoms with Crippen LogP contribution in [0.1, 0.15) is 120 Å². The molecule has 2 radical (unpaired) electrons. The second kappa shape index (κ2) is 64.2. The van der Waals surface area contributed by atoms with E-state index in [1.54, 1.807) is 81.6 Å². The summed E-state index contributed by atoms with van der Waals surface area (Å²) in [7, 11) is 7.89. The Hall–Kier alpha value is -6.60. The number of hydrogen-bond donors (Lipinski definition) is 6. The molecule has 122 heavy (non-hydrogen) atoms. The monoisotopic (exact) mass is 2040 g/mol. The van der Waals surface area contributed by atoms with Gasteiger partial charge in [-0.3, -0.25) is 111 Å². The SMILES string of the molecule is CN(C)CCCC(=O)c1ccc(CC(=O)CCOCCOCc2cn(CCCCC(=O)CN3CCN(CC(=O)O)CCN(CC(=O)O)CCN(CC(=O)O)CC3)nn2)cc1.CN(C)CCCC(=O)c1ccc(CC(=O)CCOCCOCc2cn(CCCCC(=O)CN3CCN(CC(=O)O)CCN(CC(=O)O)CCN(CC(=O)O)CC3)nn2)cn1.[177Lu].[177Lu]. The zero-order valence-corrected chi connectivity index (χ0v) is 74.2. The van der Waals surface area contributed by atoms with Gasteiger partial charge in [-0.05, 0) is 97.0 Å². The molecule has 0 saturated carbocycles. The van der Waals surface area contributed by atoms with Crippen LogP contribution in [0.5, 0.6) is 0 Å². The van der Waals surface area contributed by atoms with Gasteiger partial charge in [-0.1, -0.05) is 40.8 Å². The number of aromatic nitrogens is 7. The summed E-state index contributed by atoms with van der Waals surface area (Å²) in [6, 6.07) is 10.7. The molecule has 0 unspecified atom stereocenters. The Kier molecular flexibility index (Phi) is 57.6. The first-order valence-electron chi connectivity index (χ1n) is 41.2. The van der Waals surface area contributed by atoms with Crippen LogP contribution in [0.2, 0.25) is 0 Å². The molecule has 2 saturated heterocycles. The maximum absolute atomic E-state index is 13.0. The summed E-state index contributed by atoms with van der Waals surface area (Å²) in [4.78, 5) is 167. The maximum atomic E-state index is 13.0. The average molecular weight is 2040 g/mol. The van der Waals surface area contributed by atoms with Gasteiger partial charge in [0.2, 0.25) is 0 Å². The van der Waals surface area contributed by atoms with Crippen LogP contribution in [-0.4, -0.2) is 423 Å². The number of ketones is 6. The fourth-order valence-corrected chi connectivity index (χ4v) is 13.1. The average Bonchev–Trinajstić information content (AvgIpc) is 1.40. The van der Waals surface area contributed by atoms with E-state index < -0.39 is 35.8 Å². The largest absolute Gasteiger partial charge is 0.480 e. The molecular weight excluding hydrogens is 1920 g/mol. The molecule has 698 valence electrons. The quantitative estimate of drug-likeness (QED) is 0.0264. The number of aryl methyl sites for hydroxylation is 2. The number of nitrogens with zero attached hydrogens (tertiary/aromatic N) is 17. The van der Waals surface area contributed by atoms with Gasteiger partial charge >= 0.3 is 35.8 Å². The number of Topliss-reactive ketones (excluding diaryl/α,β-unsaturated/α-hetero) is 6. The molecule has 1 aromatic carbocycles. The Labute approximate surface area is 772 Å². The molecule has 3 aromatic heterocycles. The van der Waals surface area contributed by atoms with Crippen LogP contribution >= 0.6 is 0 Å². The number of aliphatic carboxylic acids is 6. The standard InChI is InChI=1S/C41H64N8O11.C40H63N9O11.2Lu/c1-44(2)13-5-7-38(52)34-10-8-33(9-11-34)26-36(50)12-23-59-24-25-60-32-35-27-49(43-42-35)14-4-3-6-37(51)28-45-15-17-46(29-39(53)54)19-21-48(31-41(57)58)22-20-47(18-16-45)30-40(55)56;1-44(2)11-5-7-37(52)36-9-8-32(25-41-36)24-34(50)10-21-59-22-23-60-31-33-26-49(43-42-33)12-4-3-6-35(51)27-45-13-15-46(28-38(53)54)17-19-48(30-40(57)58)20-18-47(16-14-45)29-39(55)56;;/h8-11,27H,3-7,12-26,28-32H2,1-2H3,(H,53,54)(H,55,56)(H,57,58);8-9,25-26H,3-7,10-24,27-31H2,1-2H3,(H,53,54)(H,55,56)(H,57,58);;/i;;2*1+2. The van der Waals surface area contributed by atoms with Crippen LogP contribution in [0.25, 0.3) is 0 Å². The van der Waals surface area contributed by atoms with Gasteiger partial charge in [0.1, 0.15) is 40.2 Å². The fraction of sp³-hybridized carbons (Fsp3) is 0.667. The number of ether oxygens (including phenoxy) is 4. The van der Waals surface area contributed by atoms with Gasteiger partial charge in [0.15, 0.2) is 11.6 Å². The Morgan fingerprint density at radius 2 is 0.656 bits per heavy atom. The summed E-state index contributed by atoms with van der Waals surface area (Å²) in [5.74, 6) is -5.83. The van der Waals surface area contributed by atoms with Gasteiger partial charge in [0.25, 0.3) is 0 Å². The topological polar surface area (TPSA) is 470 Å². The third-order valence-electron chi connectivity index (χ3n) is 19.7. The number of unbranched alkanes of at least 4 members (excludes halogenated alkanes) is 2. The second-order valence-electron chi connectivity index (χ2n) is 30.7. The van der Waals surface area contributed by atoms with E-state index in [1.165, 1.54) is 0 Å². The van der Waals surface area contributed by atoms with Crippen LogP contribution in [0.4, 0.5) is 0 Å². The van der Waals surface area contributed by atoms with E-state index in [0.29, 0.717) is 218 Å². The van der Waals surface area contributed by atoms with Crippen LogP contribution in [0.15, 0.2) is 55.0 Å². The van der Waals surface area contributed by atoms with E-state index in [4.69, 9.17) is 18.9 Å². The first-order valence-corrected chi connectivity index (χ1v) is 41.2. The third kappa shape index (κ3) is 52.4. The fourth-order valence-electron chi connectivity index (χ4n) is 13.1. The third-order valence-corrected chi connectivity index (χ3v) is 19.7. The van der Waals surface area contributed by atoms with Crippen molar-refractivity contribution >= 4 is 70.5 Å². The van der Waals surface area contributed by atoms with Crippen molar-refractivity contribution in [3.63, 3.8) is 0 Å². The van der Waals surface area contributed by atoms with E-state index in [-0.39, 0.29) is 213 Å². The number of hydrogen-bond acceptors (Lipinski definition) is 31. The molecule has 2 aliphatic rings. The number of carboxylic acids is 6. The van der Waals surface area contributed by atoms with E-state index in [9.17, 15) is 88.2 Å². The maximum Gasteiger partial charge on any atom is 0.317 e. The molecule has 0 spiro atoms. The van der Waals surface area contributed by atoms with E-state index in [1.807, 2.05) is 55.0 Å². The van der Waals surface area contributed by atoms with Crippen molar-refractivity contribution in [3.8, 4) is 0 Å². The van der Waals surface area contributed by atoms with E-state index in [0.717, 1.165) is 37.1 Å². The summed E-state index contributed by atoms with van der Waals surface area (Å²) in [6.45, 7) is 9.56. The van der Waals surface area contributed by atoms with Gasteiger partial charge in [0.05, 0.1) is 118 Å². The van der Waals surface area contributed by atoms with Gasteiger partial charge in [0, 0.05) is 255 Å². The Bertz CT molecular complexity index is 3470. The van der Waals surface area contributed by atoms with Gasteiger partial charge < -0.3 is 59.4 Å². The first kappa shape index (κ1) is 110. The van der Waals surface area contributed by atoms with Crippen LogP contribution in [0.3, 0.4) is 0 Å². The molecule has 39 nitrogen and oxygen atoms in total.